The molecule has 0 aliphatic heterocycles. The topological polar surface area (TPSA) is 43.6 Å². The summed E-state index contributed by atoms with van der Waals surface area (Å²) in [5.74, 6) is 1.76. The molecule has 0 aliphatic rings. The van der Waals surface area contributed by atoms with Gasteiger partial charge in [0.15, 0.2) is 17.5 Å². The molecule has 0 unspecified atom stereocenters. The van der Waals surface area contributed by atoms with Gasteiger partial charge in [-0.1, -0.05) is 170 Å². The van der Waals surface area contributed by atoms with Gasteiger partial charge in [0, 0.05) is 78.9 Å². The Morgan fingerprint density at radius 3 is 1.67 bits per heavy atom. The van der Waals surface area contributed by atoms with Gasteiger partial charge >= 0.3 is 0 Å². The van der Waals surface area contributed by atoms with Crippen molar-refractivity contribution in [3.8, 4) is 62.1 Å². The zero-order chi connectivity index (χ0) is 46.7. The Kier molecular flexibility index (Phi) is 6.93. The second-order valence-corrected chi connectivity index (χ2v) is 17.5. The molecular weight excluding hydrogens is 805 g/mol. The van der Waals surface area contributed by atoms with Gasteiger partial charge in [-0.15, -0.1) is 22.7 Å². The highest BCUT2D eigenvalue weighted by molar-refractivity contribution is 7.26. The van der Waals surface area contributed by atoms with Gasteiger partial charge in [-0.3, -0.25) is 0 Å². The van der Waals surface area contributed by atoms with E-state index in [1.807, 2.05) is 77.4 Å². The van der Waals surface area contributed by atoms with E-state index in [0.29, 0.717) is 34.2 Å². The summed E-state index contributed by atoms with van der Waals surface area (Å²) < 4.78 is 60.3. The number of aromatic nitrogens is 4. The average molecular weight is 845 g/mol. The minimum absolute atomic E-state index is 0.00145. The standard InChI is InChI=1S/C57H34N4S2/c1-3-16-35(17-4-1)55-58-56(36-18-5-2-6-19-36)60-57(59-55)45-27-15-31-51-52(45)44-26-13-23-38(53(44)63-51)37-32-33-49(61-47-28-10-7-20-39(47)40-21-8-11-29-48(40)61)46(34-37)43-25-14-24-42-41-22-9-12-30-50(41)62-54(42)43/h1-34H/i7D,8D,20D,21D,28D,29D. The Bertz CT molecular complexity index is 4150. The van der Waals surface area contributed by atoms with Crippen molar-refractivity contribution in [1.29, 1.82) is 0 Å². The molecule has 6 heteroatoms. The molecule has 0 amide bonds. The minimum atomic E-state index is -0.151. The van der Waals surface area contributed by atoms with Gasteiger partial charge in [0.05, 0.1) is 24.9 Å². The van der Waals surface area contributed by atoms with Gasteiger partial charge in [0.2, 0.25) is 0 Å². The van der Waals surface area contributed by atoms with E-state index >= 15 is 0 Å². The highest BCUT2D eigenvalue weighted by atomic mass is 32.1. The van der Waals surface area contributed by atoms with E-state index in [-0.39, 0.29) is 47.0 Å². The van der Waals surface area contributed by atoms with Gasteiger partial charge in [0.25, 0.3) is 0 Å². The number of para-hydroxylation sites is 2. The zero-order valence-corrected chi connectivity index (χ0v) is 34.9. The van der Waals surface area contributed by atoms with Gasteiger partial charge in [-0.25, -0.2) is 15.0 Å². The van der Waals surface area contributed by atoms with Crippen LogP contribution in [-0.4, -0.2) is 19.5 Å². The van der Waals surface area contributed by atoms with Crippen LogP contribution in [0.5, 0.6) is 0 Å². The van der Waals surface area contributed by atoms with E-state index < -0.39 is 0 Å². The fourth-order valence-corrected chi connectivity index (χ4v) is 11.5. The van der Waals surface area contributed by atoms with Crippen molar-refractivity contribution in [3.63, 3.8) is 0 Å². The summed E-state index contributed by atoms with van der Waals surface area (Å²) in [6.45, 7) is 0. The molecular formula is C57H34N4S2. The first-order valence-corrected chi connectivity index (χ1v) is 22.2. The molecule has 0 saturated carbocycles. The molecule has 63 heavy (non-hydrogen) atoms. The average Bonchev–Trinajstić information content (AvgIpc) is 4.09. The van der Waals surface area contributed by atoms with Crippen molar-refractivity contribution in [2.45, 2.75) is 0 Å². The third-order valence-corrected chi connectivity index (χ3v) is 14.3. The molecule has 0 saturated heterocycles. The van der Waals surface area contributed by atoms with Crippen molar-refractivity contribution >= 4 is 84.8 Å². The first-order valence-electron chi connectivity index (χ1n) is 23.6. The molecule has 294 valence electrons. The summed E-state index contributed by atoms with van der Waals surface area (Å²) in [5, 5.41) is 4.81. The number of thiophene rings is 2. The molecule has 0 fully saturated rings. The van der Waals surface area contributed by atoms with Crippen molar-refractivity contribution in [1.82, 2.24) is 19.5 Å². The van der Waals surface area contributed by atoms with Crippen molar-refractivity contribution in [3.05, 3.63) is 206 Å². The smallest absolute Gasteiger partial charge is 0.164 e. The molecule has 13 aromatic rings. The Labute approximate surface area is 379 Å². The molecule has 0 aliphatic carbocycles. The summed E-state index contributed by atoms with van der Waals surface area (Å²) in [7, 11) is 0. The van der Waals surface area contributed by atoms with Crippen molar-refractivity contribution < 1.29 is 8.22 Å². The Balaban J connectivity index is 1.08. The van der Waals surface area contributed by atoms with Crippen LogP contribution in [0, 0.1) is 0 Å². The van der Waals surface area contributed by atoms with E-state index in [4.69, 9.17) is 20.4 Å². The van der Waals surface area contributed by atoms with Gasteiger partial charge in [0.1, 0.15) is 0 Å². The van der Waals surface area contributed by atoms with Crippen LogP contribution in [0.1, 0.15) is 8.22 Å². The van der Waals surface area contributed by atoms with Crippen molar-refractivity contribution in [2.24, 2.45) is 0 Å². The van der Waals surface area contributed by atoms with Crippen LogP contribution in [0.4, 0.5) is 0 Å². The summed E-state index contributed by atoms with van der Waals surface area (Å²) in [4.78, 5) is 15.2. The van der Waals surface area contributed by atoms with Crippen molar-refractivity contribution in [2.75, 3.05) is 0 Å². The number of benzene rings is 9. The fraction of sp³-hybridized carbons (Fsp3) is 0. The fourth-order valence-electron chi connectivity index (χ4n) is 9.02. The van der Waals surface area contributed by atoms with Crippen LogP contribution >= 0.6 is 22.7 Å². The number of fused-ring (bicyclic) bond motifs is 9. The number of nitrogens with zero attached hydrogens (tertiary/aromatic N) is 4. The molecule has 13 rings (SSSR count). The number of rotatable bonds is 6. The van der Waals surface area contributed by atoms with Crippen LogP contribution in [-0.2, 0) is 0 Å². The molecule has 4 aromatic heterocycles. The van der Waals surface area contributed by atoms with E-state index in [9.17, 15) is 2.74 Å². The van der Waals surface area contributed by atoms with E-state index in [0.717, 1.165) is 79.3 Å². The molecule has 4 heterocycles. The van der Waals surface area contributed by atoms with Crippen LogP contribution in [0.3, 0.4) is 0 Å². The van der Waals surface area contributed by atoms with E-state index in [1.54, 1.807) is 22.7 Å². The van der Waals surface area contributed by atoms with Gasteiger partial charge in [-0.2, -0.15) is 0 Å². The first kappa shape index (κ1) is 30.3. The lowest BCUT2D eigenvalue weighted by molar-refractivity contribution is 1.08. The quantitative estimate of drug-likeness (QED) is 0.167. The lowest BCUT2D eigenvalue weighted by Crippen LogP contribution is -2.00. The maximum Gasteiger partial charge on any atom is 0.164 e. The zero-order valence-electron chi connectivity index (χ0n) is 39.3. The number of hydrogen-bond donors (Lipinski definition) is 0. The molecule has 9 aromatic carbocycles. The maximum atomic E-state index is 9.31. The molecule has 0 atom stereocenters. The minimum Gasteiger partial charge on any atom is -0.309 e. The highest BCUT2D eigenvalue weighted by Crippen LogP contribution is 2.47. The largest absolute Gasteiger partial charge is 0.309 e. The SMILES string of the molecule is [2H]c1cc([2H])c2c(c1[2H])c1c([2H])c([2H])cc([2H])c1n2-c1ccc(-c2cccc3c2sc2cccc(-c4nc(-c5ccccc5)nc(-c5ccccc5)n4)c23)cc1-c1cccc2c1sc1ccccc12. The molecule has 0 bridgehead atoms. The van der Waals surface area contributed by atoms with Crippen LogP contribution in [0.25, 0.3) is 124 Å². The van der Waals surface area contributed by atoms with Crippen LogP contribution in [0.15, 0.2) is 206 Å². The summed E-state index contributed by atoms with van der Waals surface area (Å²) >= 11 is 3.42. The first-order chi connectivity index (χ1) is 33.7. The highest BCUT2D eigenvalue weighted by Gasteiger charge is 2.22. The normalized spacial score (nSPS) is 13.1. The Hall–Kier alpha value is -7.77. The van der Waals surface area contributed by atoms with Crippen LogP contribution < -0.4 is 0 Å². The van der Waals surface area contributed by atoms with Crippen LogP contribution in [0.2, 0.25) is 0 Å². The summed E-state index contributed by atoms with van der Waals surface area (Å²) in [5.41, 5.74) is 7.74. The Morgan fingerprint density at radius 1 is 0.381 bits per heavy atom. The predicted molar refractivity (Wildman–Crippen MR) is 267 cm³/mol. The lowest BCUT2D eigenvalue weighted by Gasteiger charge is -2.17. The molecule has 4 nitrogen and oxygen atoms in total. The lowest BCUT2D eigenvalue weighted by atomic mass is 9.95. The summed E-state index contributed by atoms with van der Waals surface area (Å²) in [6, 6.07) is 55.7. The van der Waals surface area contributed by atoms with E-state index in [1.165, 1.54) is 12.1 Å². The summed E-state index contributed by atoms with van der Waals surface area (Å²) in [6.07, 6.45) is 0. The maximum absolute atomic E-state index is 9.31. The third-order valence-electron chi connectivity index (χ3n) is 11.8. The van der Waals surface area contributed by atoms with Gasteiger partial charge in [-0.05, 0) is 47.5 Å². The second kappa shape index (κ2) is 14.4. The second-order valence-electron chi connectivity index (χ2n) is 15.4. The third kappa shape index (κ3) is 5.76. The molecule has 0 spiro atoms. The monoisotopic (exact) mass is 844 g/mol. The van der Waals surface area contributed by atoms with E-state index in [2.05, 4.69) is 84.9 Å². The number of hydrogen-bond acceptors (Lipinski definition) is 5. The molecule has 0 N–H and O–H groups in total. The Morgan fingerprint density at radius 2 is 0.937 bits per heavy atom. The molecule has 0 radical (unpaired) electrons. The predicted octanol–water partition coefficient (Wildman–Crippen LogP) is 16.0. The van der Waals surface area contributed by atoms with Gasteiger partial charge < -0.3 is 4.57 Å².